The minimum Gasteiger partial charge on any atom is -0.497 e. The van der Waals surface area contributed by atoms with Gasteiger partial charge in [-0.25, -0.2) is 0 Å². The van der Waals surface area contributed by atoms with Gasteiger partial charge >= 0.3 is 0 Å². The predicted molar refractivity (Wildman–Crippen MR) is 64.7 cm³/mol. The van der Waals surface area contributed by atoms with Crippen LogP contribution in [-0.2, 0) is 6.42 Å². The first-order chi connectivity index (χ1) is 7.67. The van der Waals surface area contributed by atoms with Gasteiger partial charge in [0.25, 0.3) is 0 Å². The van der Waals surface area contributed by atoms with Crippen molar-refractivity contribution in [1.82, 2.24) is 0 Å². The maximum atomic E-state index is 5.77. The van der Waals surface area contributed by atoms with Gasteiger partial charge in [0, 0.05) is 12.1 Å². The zero-order valence-corrected chi connectivity index (χ0v) is 9.69. The Morgan fingerprint density at radius 1 is 1.50 bits per heavy atom. The molecule has 16 heavy (non-hydrogen) atoms. The van der Waals surface area contributed by atoms with E-state index in [1.807, 2.05) is 25.1 Å². The summed E-state index contributed by atoms with van der Waals surface area (Å²) in [6, 6.07) is 5.75. The first-order valence-electron chi connectivity index (χ1n) is 5.16. The summed E-state index contributed by atoms with van der Waals surface area (Å²) in [7, 11) is 1.62. The van der Waals surface area contributed by atoms with Crippen molar-refractivity contribution in [2.45, 2.75) is 19.4 Å². The Hall–Kier alpha value is -1.66. The summed E-state index contributed by atoms with van der Waals surface area (Å²) in [5.41, 5.74) is 6.81. The third kappa shape index (κ3) is 3.48. The topological polar surface area (TPSA) is 44.5 Å². The summed E-state index contributed by atoms with van der Waals surface area (Å²) in [6.07, 6.45) is 5.92. The molecule has 1 rings (SSSR count). The third-order valence-electron chi connectivity index (χ3n) is 2.13. The van der Waals surface area contributed by atoms with Crippen LogP contribution in [0.15, 0.2) is 18.2 Å². The molecule has 0 radical (unpaired) electrons. The first kappa shape index (κ1) is 12.4. The van der Waals surface area contributed by atoms with Gasteiger partial charge in [0.05, 0.1) is 7.11 Å². The van der Waals surface area contributed by atoms with E-state index in [9.17, 15) is 0 Å². The van der Waals surface area contributed by atoms with Crippen LogP contribution in [0, 0.1) is 12.3 Å². The molecule has 1 aromatic carbocycles. The van der Waals surface area contributed by atoms with Gasteiger partial charge in [0.15, 0.2) is 0 Å². The predicted octanol–water partition coefficient (Wildman–Crippen LogP) is 1.60. The van der Waals surface area contributed by atoms with Gasteiger partial charge in [-0.3, -0.25) is 0 Å². The van der Waals surface area contributed by atoms with E-state index in [0.29, 0.717) is 0 Å². The van der Waals surface area contributed by atoms with Crippen molar-refractivity contribution < 1.29 is 9.47 Å². The molecular weight excluding hydrogens is 202 g/mol. The maximum Gasteiger partial charge on any atom is 0.148 e. The molecule has 1 unspecified atom stereocenters. The van der Waals surface area contributed by atoms with Crippen molar-refractivity contribution in [2.24, 2.45) is 5.73 Å². The van der Waals surface area contributed by atoms with Gasteiger partial charge in [-0.2, -0.15) is 0 Å². The van der Waals surface area contributed by atoms with Crippen molar-refractivity contribution in [1.29, 1.82) is 0 Å². The van der Waals surface area contributed by atoms with Gasteiger partial charge < -0.3 is 15.2 Å². The molecule has 0 saturated heterocycles. The summed E-state index contributed by atoms with van der Waals surface area (Å²) in [5.74, 6) is 3.94. The molecule has 1 atom stereocenters. The third-order valence-corrected chi connectivity index (χ3v) is 2.13. The van der Waals surface area contributed by atoms with Gasteiger partial charge in [0.1, 0.15) is 18.1 Å². The Balaban J connectivity index is 2.92. The number of methoxy groups -OCH3 is 1. The van der Waals surface area contributed by atoms with Gasteiger partial charge in [-0.05, 0) is 25.0 Å². The molecule has 3 nitrogen and oxygen atoms in total. The molecule has 0 aliphatic heterocycles. The fourth-order valence-corrected chi connectivity index (χ4v) is 1.43. The van der Waals surface area contributed by atoms with Crippen molar-refractivity contribution in [3.63, 3.8) is 0 Å². The van der Waals surface area contributed by atoms with Crippen LogP contribution >= 0.6 is 0 Å². The zero-order chi connectivity index (χ0) is 12.0. The van der Waals surface area contributed by atoms with Gasteiger partial charge in [-0.15, -0.1) is 6.42 Å². The SMILES string of the molecule is C#CCOc1cc(OC)ccc1CC(C)N. The normalized spacial score (nSPS) is 11.6. The molecular formula is C13H17NO2. The standard InChI is InChI=1S/C13H17NO2/c1-4-7-16-13-9-12(15-3)6-5-11(13)8-10(2)14/h1,5-6,9-10H,7-8,14H2,2-3H3. The Kier molecular flexibility index (Phi) is 4.68. The second kappa shape index (κ2) is 6.04. The molecule has 0 aliphatic carbocycles. The molecule has 0 aromatic heterocycles. The van der Waals surface area contributed by atoms with Gasteiger partial charge in [0.2, 0.25) is 0 Å². The molecule has 0 fully saturated rings. The average Bonchev–Trinajstić information content (AvgIpc) is 2.27. The van der Waals surface area contributed by atoms with Crippen LogP contribution in [0.25, 0.3) is 0 Å². The second-order valence-electron chi connectivity index (χ2n) is 3.65. The van der Waals surface area contributed by atoms with E-state index in [-0.39, 0.29) is 12.6 Å². The Morgan fingerprint density at radius 2 is 2.25 bits per heavy atom. The lowest BCUT2D eigenvalue weighted by Crippen LogP contribution is -2.18. The quantitative estimate of drug-likeness (QED) is 0.765. The summed E-state index contributed by atoms with van der Waals surface area (Å²) in [4.78, 5) is 0. The summed E-state index contributed by atoms with van der Waals surface area (Å²) in [5, 5.41) is 0. The fraction of sp³-hybridized carbons (Fsp3) is 0.385. The van der Waals surface area contributed by atoms with E-state index >= 15 is 0 Å². The van der Waals surface area contributed by atoms with E-state index in [4.69, 9.17) is 21.6 Å². The molecule has 0 bridgehead atoms. The van der Waals surface area contributed by atoms with E-state index in [1.165, 1.54) is 0 Å². The van der Waals surface area contributed by atoms with Crippen LogP contribution in [-0.4, -0.2) is 19.8 Å². The van der Waals surface area contributed by atoms with E-state index in [2.05, 4.69) is 5.92 Å². The van der Waals surface area contributed by atoms with E-state index in [1.54, 1.807) is 7.11 Å². The molecule has 86 valence electrons. The largest absolute Gasteiger partial charge is 0.497 e. The highest BCUT2D eigenvalue weighted by Crippen LogP contribution is 2.25. The van der Waals surface area contributed by atoms with Crippen molar-refractivity contribution in [3.8, 4) is 23.8 Å². The van der Waals surface area contributed by atoms with Crippen LogP contribution in [0.2, 0.25) is 0 Å². The number of rotatable bonds is 5. The minimum absolute atomic E-state index is 0.0848. The van der Waals surface area contributed by atoms with Crippen molar-refractivity contribution in [2.75, 3.05) is 13.7 Å². The Bertz CT molecular complexity index is 380. The Labute approximate surface area is 96.6 Å². The lowest BCUT2D eigenvalue weighted by Gasteiger charge is -2.13. The summed E-state index contributed by atoms with van der Waals surface area (Å²) in [6.45, 7) is 2.20. The van der Waals surface area contributed by atoms with Crippen LogP contribution in [0.4, 0.5) is 0 Å². The van der Waals surface area contributed by atoms with E-state index in [0.717, 1.165) is 23.5 Å². The number of terminal acetylenes is 1. The minimum atomic E-state index is 0.0848. The number of nitrogens with two attached hydrogens (primary N) is 1. The number of hydrogen-bond donors (Lipinski definition) is 1. The van der Waals surface area contributed by atoms with Crippen LogP contribution in [0.1, 0.15) is 12.5 Å². The monoisotopic (exact) mass is 219 g/mol. The fourth-order valence-electron chi connectivity index (χ4n) is 1.43. The Morgan fingerprint density at radius 3 is 2.81 bits per heavy atom. The number of benzene rings is 1. The highest BCUT2D eigenvalue weighted by Gasteiger charge is 2.07. The molecule has 0 heterocycles. The molecule has 0 amide bonds. The van der Waals surface area contributed by atoms with Crippen LogP contribution in [0.5, 0.6) is 11.5 Å². The summed E-state index contributed by atoms with van der Waals surface area (Å²) < 4.78 is 10.6. The molecule has 3 heteroatoms. The van der Waals surface area contributed by atoms with Crippen LogP contribution < -0.4 is 15.2 Å². The number of hydrogen-bond acceptors (Lipinski definition) is 3. The highest BCUT2D eigenvalue weighted by molar-refractivity contribution is 5.41. The lowest BCUT2D eigenvalue weighted by molar-refractivity contribution is 0.358. The van der Waals surface area contributed by atoms with Crippen LogP contribution in [0.3, 0.4) is 0 Å². The van der Waals surface area contributed by atoms with Gasteiger partial charge in [-0.1, -0.05) is 12.0 Å². The van der Waals surface area contributed by atoms with E-state index < -0.39 is 0 Å². The highest BCUT2D eigenvalue weighted by atomic mass is 16.5. The molecule has 0 aliphatic rings. The molecule has 2 N–H and O–H groups in total. The average molecular weight is 219 g/mol. The maximum absolute atomic E-state index is 5.77. The molecule has 0 saturated carbocycles. The molecule has 1 aromatic rings. The van der Waals surface area contributed by atoms with Crippen molar-refractivity contribution in [3.05, 3.63) is 23.8 Å². The van der Waals surface area contributed by atoms with Crippen molar-refractivity contribution >= 4 is 0 Å². The lowest BCUT2D eigenvalue weighted by atomic mass is 10.1. The smallest absolute Gasteiger partial charge is 0.148 e. The first-order valence-corrected chi connectivity index (χ1v) is 5.16. The second-order valence-corrected chi connectivity index (χ2v) is 3.65. The number of ether oxygens (including phenoxy) is 2. The zero-order valence-electron chi connectivity index (χ0n) is 9.69. The molecule has 0 spiro atoms. The summed E-state index contributed by atoms with van der Waals surface area (Å²) >= 11 is 0.